The zero-order valence-electron chi connectivity index (χ0n) is 14.4. The van der Waals surface area contributed by atoms with Crippen LogP contribution in [0.25, 0.3) is 6.08 Å². The first-order chi connectivity index (χ1) is 11.4. The number of aryl methyl sites for hydroxylation is 3. The molecule has 4 nitrogen and oxygen atoms in total. The average molecular weight is 322 g/mol. The molecular formula is C20H22N2O2. The Hall–Kier alpha value is -2.88. The number of hydrogen-bond donors (Lipinski definition) is 2. The molecule has 0 fully saturated rings. The predicted molar refractivity (Wildman–Crippen MR) is 97.5 cm³/mol. The van der Waals surface area contributed by atoms with E-state index in [2.05, 4.69) is 10.6 Å². The summed E-state index contributed by atoms with van der Waals surface area (Å²) in [5.74, 6) is -0.637. The molecule has 2 N–H and O–H groups in total. The Morgan fingerprint density at radius 1 is 0.917 bits per heavy atom. The number of anilines is 1. The molecule has 0 aromatic heterocycles. The number of hydrogen-bond acceptors (Lipinski definition) is 2. The van der Waals surface area contributed by atoms with Crippen molar-refractivity contribution < 1.29 is 9.59 Å². The summed E-state index contributed by atoms with van der Waals surface area (Å²) >= 11 is 0. The molecule has 0 aliphatic heterocycles. The van der Waals surface area contributed by atoms with Gasteiger partial charge in [-0.05, 0) is 61.2 Å². The third-order valence-corrected chi connectivity index (χ3v) is 3.81. The first-order valence-electron chi connectivity index (χ1n) is 7.80. The van der Waals surface area contributed by atoms with Crippen LogP contribution in [-0.4, -0.2) is 11.8 Å². The van der Waals surface area contributed by atoms with Crippen LogP contribution in [0, 0.1) is 20.8 Å². The molecule has 0 saturated carbocycles. The molecule has 2 amide bonds. The zero-order chi connectivity index (χ0) is 17.7. The van der Waals surface area contributed by atoms with Gasteiger partial charge >= 0.3 is 0 Å². The number of rotatable bonds is 4. The summed E-state index contributed by atoms with van der Waals surface area (Å²) in [6.45, 7) is 7.35. The van der Waals surface area contributed by atoms with E-state index in [9.17, 15) is 9.59 Å². The van der Waals surface area contributed by atoms with Crippen molar-refractivity contribution in [3.63, 3.8) is 0 Å². The normalized spacial score (nSPS) is 11.1. The highest BCUT2D eigenvalue weighted by Crippen LogP contribution is 2.16. The van der Waals surface area contributed by atoms with Crippen LogP contribution in [-0.2, 0) is 9.59 Å². The molecule has 0 radical (unpaired) electrons. The van der Waals surface area contributed by atoms with Crippen LogP contribution in [0.15, 0.2) is 48.2 Å². The summed E-state index contributed by atoms with van der Waals surface area (Å²) in [4.78, 5) is 24.0. The van der Waals surface area contributed by atoms with Crippen LogP contribution in [0.5, 0.6) is 0 Å². The van der Waals surface area contributed by atoms with Gasteiger partial charge in [-0.1, -0.05) is 30.3 Å². The fourth-order valence-electron chi connectivity index (χ4n) is 2.27. The molecule has 0 heterocycles. The van der Waals surface area contributed by atoms with Gasteiger partial charge in [0.25, 0.3) is 5.91 Å². The Morgan fingerprint density at radius 2 is 1.62 bits per heavy atom. The number of carbonyl (C=O) groups excluding carboxylic acids is 2. The summed E-state index contributed by atoms with van der Waals surface area (Å²) in [6.07, 6.45) is 1.69. The first kappa shape index (κ1) is 17.5. The highest BCUT2D eigenvalue weighted by atomic mass is 16.2. The molecular weight excluding hydrogens is 300 g/mol. The van der Waals surface area contributed by atoms with E-state index < -0.39 is 0 Å². The minimum Gasteiger partial charge on any atom is -0.322 e. The highest BCUT2D eigenvalue weighted by Gasteiger charge is 2.12. The van der Waals surface area contributed by atoms with Gasteiger partial charge in [-0.3, -0.25) is 9.59 Å². The van der Waals surface area contributed by atoms with Crippen molar-refractivity contribution in [1.29, 1.82) is 0 Å². The lowest BCUT2D eigenvalue weighted by molar-refractivity contribution is -0.120. The largest absolute Gasteiger partial charge is 0.322 e. The standard InChI is InChI=1S/C20H22N2O2/c1-13-9-10-18(11-15(13)3)22-20(24)19(21-16(4)23)12-17-8-6-5-7-14(17)2/h5-12H,1-4H3,(H,21,23)(H,22,24)/b19-12-. The number of benzene rings is 2. The van der Waals surface area contributed by atoms with Crippen molar-refractivity contribution in [3.8, 4) is 0 Å². The Kier molecular flexibility index (Phi) is 5.53. The molecule has 2 aromatic rings. The van der Waals surface area contributed by atoms with Crippen molar-refractivity contribution in [3.05, 3.63) is 70.4 Å². The maximum Gasteiger partial charge on any atom is 0.272 e. The molecule has 0 bridgehead atoms. The van der Waals surface area contributed by atoms with Crippen LogP contribution in [0.1, 0.15) is 29.2 Å². The number of carbonyl (C=O) groups is 2. The quantitative estimate of drug-likeness (QED) is 0.843. The topological polar surface area (TPSA) is 58.2 Å². The van der Waals surface area contributed by atoms with Crippen molar-refractivity contribution in [2.45, 2.75) is 27.7 Å². The maximum absolute atomic E-state index is 12.6. The molecule has 124 valence electrons. The van der Waals surface area contributed by atoms with Crippen molar-refractivity contribution in [2.75, 3.05) is 5.32 Å². The second-order valence-corrected chi connectivity index (χ2v) is 5.85. The van der Waals surface area contributed by atoms with E-state index in [1.54, 1.807) is 6.08 Å². The SMILES string of the molecule is CC(=O)N/C(=C\c1ccccc1C)C(=O)Nc1ccc(C)c(C)c1. The Morgan fingerprint density at radius 3 is 2.25 bits per heavy atom. The third kappa shape index (κ3) is 4.56. The van der Waals surface area contributed by atoms with Crippen LogP contribution in [0.4, 0.5) is 5.69 Å². The smallest absolute Gasteiger partial charge is 0.272 e. The van der Waals surface area contributed by atoms with Crippen molar-refractivity contribution in [1.82, 2.24) is 5.32 Å². The van der Waals surface area contributed by atoms with Gasteiger partial charge in [-0.15, -0.1) is 0 Å². The van der Waals surface area contributed by atoms with Gasteiger partial charge in [-0.2, -0.15) is 0 Å². The minimum atomic E-state index is -0.350. The molecule has 2 aromatic carbocycles. The lowest BCUT2D eigenvalue weighted by Crippen LogP contribution is -2.29. The van der Waals surface area contributed by atoms with E-state index in [4.69, 9.17) is 0 Å². The Bertz CT molecular complexity index is 807. The van der Waals surface area contributed by atoms with Crippen LogP contribution < -0.4 is 10.6 Å². The Labute approximate surface area is 142 Å². The second kappa shape index (κ2) is 7.59. The van der Waals surface area contributed by atoms with Crippen LogP contribution in [0.3, 0.4) is 0 Å². The van der Waals surface area contributed by atoms with Gasteiger partial charge in [0.2, 0.25) is 5.91 Å². The third-order valence-electron chi connectivity index (χ3n) is 3.81. The molecule has 0 unspecified atom stereocenters. The van der Waals surface area contributed by atoms with Gasteiger partial charge in [0.1, 0.15) is 5.70 Å². The van der Waals surface area contributed by atoms with Crippen molar-refractivity contribution >= 4 is 23.6 Å². The summed E-state index contributed by atoms with van der Waals surface area (Å²) in [6, 6.07) is 13.4. The van der Waals surface area contributed by atoms with E-state index >= 15 is 0 Å². The lowest BCUT2D eigenvalue weighted by Gasteiger charge is -2.11. The Balaban J connectivity index is 2.30. The fourth-order valence-corrected chi connectivity index (χ4v) is 2.27. The molecule has 2 rings (SSSR count). The molecule has 0 saturated heterocycles. The second-order valence-electron chi connectivity index (χ2n) is 5.85. The zero-order valence-corrected chi connectivity index (χ0v) is 14.4. The van der Waals surface area contributed by atoms with Gasteiger partial charge in [0.05, 0.1) is 0 Å². The van der Waals surface area contributed by atoms with Crippen LogP contribution >= 0.6 is 0 Å². The molecule has 0 aliphatic rings. The average Bonchev–Trinajstić information content (AvgIpc) is 2.52. The van der Waals surface area contributed by atoms with E-state index in [-0.39, 0.29) is 17.5 Å². The summed E-state index contributed by atoms with van der Waals surface area (Å²) in [7, 11) is 0. The lowest BCUT2D eigenvalue weighted by atomic mass is 10.1. The monoisotopic (exact) mass is 322 g/mol. The van der Waals surface area contributed by atoms with Gasteiger partial charge in [-0.25, -0.2) is 0 Å². The molecule has 0 atom stereocenters. The van der Waals surface area contributed by atoms with E-state index in [0.29, 0.717) is 5.69 Å². The fraction of sp³-hybridized carbons (Fsp3) is 0.200. The predicted octanol–water partition coefficient (Wildman–Crippen LogP) is 3.73. The minimum absolute atomic E-state index is 0.218. The molecule has 4 heteroatoms. The molecule has 0 aliphatic carbocycles. The summed E-state index contributed by atoms with van der Waals surface area (Å²) in [5.41, 5.74) is 5.08. The van der Waals surface area contributed by atoms with Gasteiger partial charge < -0.3 is 10.6 Å². The summed E-state index contributed by atoms with van der Waals surface area (Å²) in [5, 5.41) is 5.44. The first-order valence-corrected chi connectivity index (χ1v) is 7.80. The van der Waals surface area contributed by atoms with E-state index in [1.807, 2.05) is 63.2 Å². The van der Waals surface area contributed by atoms with E-state index in [1.165, 1.54) is 6.92 Å². The molecule has 24 heavy (non-hydrogen) atoms. The molecule has 0 spiro atoms. The van der Waals surface area contributed by atoms with Crippen LogP contribution in [0.2, 0.25) is 0 Å². The highest BCUT2D eigenvalue weighted by molar-refractivity contribution is 6.08. The van der Waals surface area contributed by atoms with Gasteiger partial charge in [0.15, 0.2) is 0 Å². The summed E-state index contributed by atoms with van der Waals surface area (Å²) < 4.78 is 0. The number of nitrogens with one attached hydrogen (secondary N) is 2. The van der Waals surface area contributed by atoms with Crippen molar-refractivity contribution in [2.24, 2.45) is 0 Å². The van der Waals surface area contributed by atoms with Gasteiger partial charge in [0, 0.05) is 12.6 Å². The number of amides is 2. The van der Waals surface area contributed by atoms with E-state index in [0.717, 1.165) is 22.3 Å². The maximum atomic E-state index is 12.6.